The lowest BCUT2D eigenvalue weighted by molar-refractivity contribution is 0.112. The van der Waals surface area contributed by atoms with E-state index in [2.05, 4.69) is 4.98 Å². The Morgan fingerprint density at radius 2 is 1.94 bits per heavy atom. The molecule has 2 rings (SSSR count). The van der Waals surface area contributed by atoms with E-state index >= 15 is 0 Å². The number of nitrogens with zero attached hydrogens (tertiary/aromatic N) is 1. The van der Waals surface area contributed by atoms with Crippen LogP contribution in [0.1, 0.15) is 10.4 Å². The molecular formula is C14H13NO3. The highest BCUT2D eigenvalue weighted by atomic mass is 16.5. The van der Waals surface area contributed by atoms with Crippen molar-refractivity contribution in [3.63, 3.8) is 0 Å². The molecule has 0 aliphatic carbocycles. The number of aromatic nitrogens is 1. The van der Waals surface area contributed by atoms with Gasteiger partial charge in [0.1, 0.15) is 11.5 Å². The van der Waals surface area contributed by atoms with E-state index in [0.717, 1.165) is 23.3 Å². The van der Waals surface area contributed by atoms with Gasteiger partial charge in [0.05, 0.1) is 19.9 Å². The van der Waals surface area contributed by atoms with E-state index < -0.39 is 0 Å². The third-order valence-electron chi connectivity index (χ3n) is 2.61. The number of rotatable bonds is 4. The van der Waals surface area contributed by atoms with Crippen LogP contribution in [0.25, 0.3) is 11.3 Å². The van der Waals surface area contributed by atoms with E-state index in [0.29, 0.717) is 11.3 Å². The topological polar surface area (TPSA) is 48.4 Å². The van der Waals surface area contributed by atoms with E-state index in [4.69, 9.17) is 9.47 Å². The summed E-state index contributed by atoms with van der Waals surface area (Å²) in [7, 11) is 3.21. The summed E-state index contributed by atoms with van der Waals surface area (Å²) in [6.45, 7) is 0. The van der Waals surface area contributed by atoms with Crippen LogP contribution in [0.15, 0.2) is 36.5 Å². The Balaban J connectivity index is 2.49. The first-order valence-electron chi connectivity index (χ1n) is 5.42. The largest absolute Gasteiger partial charge is 0.497 e. The number of hydrogen-bond donors (Lipinski definition) is 0. The van der Waals surface area contributed by atoms with Gasteiger partial charge in [-0.2, -0.15) is 0 Å². The van der Waals surface area contributed by atoms with Crippen molar-refractivity contribution in [1.29, 1.82) is 0 Å². The first-order valence-corrected chi connectivity index (χ1v) is 5.42. The van der Waals surface area contributed by atoms with Crippen LogP contribution in [0.4, 0.5) is 0 Å². The van der Waals surface area contributed by atoms with Gasteiger partial charge in [0.25, 0.3) is 0 Å². The fourth-order valence-electron chi connectivity index (χ4n) is 1.65. The number of benzene rings is 1. The lowest BCUT2D eigenvalue weighted by Gasteiger charge is -2.09. The highest BCUT2D eigenvalue weighted by Crippen LogP contribution is 2.32. The number of ether oxygens (including phenoxy) is 2. The van der Waals surface area contributed by atoms with Crippen molar-refractivity contribution >= 4 is 6.29 Å². The smallest absolute Gasteiger partial charge is 0.151 e. The lowest BCUT2D eigenvalue weighted by atomic mass is 10.1. The van der Waals surface area contributed by atoms with Crippen molar-refractivity contribution in [2.75, 3.05) is 14.2 Å². The van der Waals surface area contributed by atoms with Crippen molar-refractivity contribution < 1.29 is 14.3 Å². The monoisotopic (exact) mass is 243 g/mol. The fraction of sp³-hybridized carbons (Fsp3) is 0.143. The molecule has 1 aromatic carbocycles. The van der Waals surface area contributed by atoms with Gasteiger partial charge < -0.3 is 9.47 Å². The molecule has 4 nitrogen and oxygen atoms in total. The maximum Gasteiger partial charge on any atom is 0.151 e. The number of aldehydes is 1. The molecule has 0 saturated carbocycles. The molecule has 1 heterocycles. The molecule has 0 aliphatic rings. The quantitative estimate of drug-likeness (QED) is 0.774. The van der Waals surface area contributed by atoms with E-state index in [9.17, 15) is 4.79 Å². The van der Waals surface area contributed by atoms with Crippen molar-refractivity contribution in [3.8, 4) is 22.8 Å². The summed E-state index contributed by atoms with van der Waals surface area (Å²) in [6, 6.07) is 8.99. The van der Waals surface area contributed by atoms with Gasteiger partial charge in [-0.05, 0) is 30.3 Å². The van der Waals surface area contributed by atoms with Crippen LogP contribution in [-0.4, -0.2) is 25.5 Å². The Bertz CT molecular complexity index is 549. The molecule has 0 radical (unpaired) electrons. The Morgan fingerprint density at radius 3 is 2.50 bits per heavy atom. The van der Waals surface area contributed by atoms with E-state index in [1.807, 2.05) is 18.2 Å². The normalized spacial score (nSPS) is 9.89. The minimum Gasteiger partial charge on any atom is -0.497 e. The Hall–Kier alpha value is -2.36. The highest BCUT2D eigenvalue weighted by molar-refractivity contribution is 5.76. The third kappa shape index (κ3) is 2.32. The molecule has 1 aromatic heterocycles. The second-order valence-electron chi connectivity index (χ2n) is 3.66. The summed E-state index contributed by atoms with van der Waals surface area (Å²) < 4.78 is 10.5. The van der Waals surface area contributed by atoms with Crippen LogP contribution in [-0.2, 0) is 0 Å². The zero-order valence-electron chi connectivity index (χ0n) is 10.2. The zero-order valence-corrected chi connectivity index (χ0v) is 10.2. The van der Waals surface area contributed by atoms with Crippen LogP contribution in [0.2, 0.25) is 0 Å². The standard InChI is InChI=1S/C14H13NO3/c1-17-11-4-6-14(18-2)12(7-11)13-5-3-10(9-16)8-15-13/h3-9H,1-2H3. The molecule has 0 unspecified atom stereocenters. The van der Waals surface area contributed by atoms with E-state index in [1.54, 1.807) is 26.4 Å². The fourth-order valence-corrected chi connectivity index (χ4v) is 1.65. The molecule has 2 aromatic rings. The van der Waals surface area contributed by atoms with E-state index in [1.165, 1.54) is 6.20 Å². The first-order chi connectivity index (χ1) is 8.78. The zero-order chi connectivity index (χ0) is 13.0. The predicted octanol–water partition coefficient (Wildman–Crippen LogP) is 2.58. The van der Waals surface area contributed by atoms with Crippen molar-refractivity contribution in [3.05, 3.63) is 42.1 Å². The third-order valence-corrected chi connectivity index (χ3v) is 2.61. The van der Waals surface area contributed by atoms with Crippen LogP contribution >= 0.6 is 0 Å². The minimum absolute atomic E-state index is 0.542. The van der Waals surface area contributed by atoms with Gasteiger partial charge in [-0.3, -0.25) is 9.78 Å². The van der Waals surface area contributed by atoms with Gasteiger partial charge in [0.15, 0.2) is 6.29 Å². The molecule has 0 aliphatic heterocycles. The second-order valence-corrected chi connectivity index (χ2v) is 3.66. The SMILES string of the molecule is COc1ccc(OC)c(-c2ccc(C=O)cn2)c1. The second kappa shape index (κ2) is 5.31. The van der Waals surface area contributed by atoms with Gasteiger partial charge in [0, 0.05) is 17.3 Å². The van der Waals surface area contributed by atoms with Crippen LogP contribution in [0.3, 0.4) is 0 Å². The van der Waals surface area contributed by atoms with Crippen LogP contribution < -0.4 is 9.47 Å². The minimum atomic E-state index is 0.542. The predicted molar refractivity (Wildman–Crippen MR) is 68.2 cm³/mol. The summed E-state index contributed by atoms with van der Waals surface area (Å²) in [4.78, 5) is 14.8. The van der Waals surface area contributed by atoms with Crippen molar-refractivity contribution in [2.45, 2.75) is 0 Å². The molecule has 0 amide bonds. The Labute approximate surface area is 105 Å². The Kier molecular flexibility index (Phi) is 3.57. The molecule has 0 saturated heterocycles. The molecule has 92 valence electrons. The van der Waals surface area contributed by atoms with Gasteiger partial charge in [-0.15, -0.1) is 0 Å². The van der Waals surface area contributed by atoms with Gasteiger partial charge in [-0.25, -0.2) is 0 Å². The maximum absolute atomic E-state index is 10.6. The average Bonchev–Trinajstić information content (AvgIpc) is 2.46. The maximum atomic E-state index is 10.6. The van der Waals surface area contributed by atoms with Gasteiger partial charge in [0.2, 0.25) is 0 Å². The van der Waals surface area contributed by atoms with Crippen LogP contribution in [0, 0.1) is 0 Å². The molecule has 0 atom stereocenters. The van der Waals surface area contributed by atoms with Crippen LogP contribution in [0.5, 0.6) is 11.5 Å². The summed E-state index contributed by atoms with van der Waals surface area (Å²) in [5.74, 6) is 1.44. The molecule has 0 N–H and O–H groups in total. The molecule has 4 heteroatoms. The van der Waals surface area contributed by atoms with Crippen molar-refractivity contribution in [1.82, 2.24) is 4.98 Å². The number of methoxy groups -OCH3 is 2. The molecule has 18 heavy (non-hydrogen) atoms. The van der Waals surface area contributed by atoms with Gasteiger partial charge in [-0.1, -0.05) is 0 Å². The summed E-state index contributed by atoms with van der Waals surface area (Å²) in [5.41, 5.74) is 2.10. The number of pyridine rings is 1. The Morgan fingerprint density at radius 1 is 1.11 bits per heavy atom. The molecule has 0 fully saturated rings. The average molecular weight is 243 g/mol. The number of carbonyl (C=O) groups excluding carboxylic acids is 1. The van der Waals surface area contributed by atoms with E-state index in [-0.39, 0.29) is 0 Å². The number of carbonyl (C=O) groups is 1. The van der Waals surface area contributed by atoms with Gasteiger partial charge >= 0.3 is 0 Å². The summed E-state index contributed by atoms with van der Waals surface area (Å²) in [6.07, 6.45) is 2.29. The summed E-state index contributed by atoms with van der Waals surface area (Å²) >= 11 is 0. The summed E-state index contributed by atoms with van der Waals surface area (Å²) in [5, 5.41) is 0. The van der Waals surface area contributed by atoms with Crippen molar-refractivity contribution in [2.24, 2.45) is 0 Å². The first kappa shape index (κ1) is 12.1. The molecule has 0 bridgehead atoms. The molecule has 0 spiro atoms. The number of hydrogen-bond acceptors (Lipinski definition) is 4. The highest BCUT2D eigenvalue weighted by Gasteiger charge is 2.08. The lowest BCUT2D eigenvalue weighted by Crippen LogP contribution is -1.92. The molecular weight excluding hydrogens is 230 g/mol.